The minimum Gasteiger partial charge on any atom is -0.491 e. The number of ether oxygens (including phenoxy) is 1. The number of aryl methyl sites for hydroxylation is 3. The van der Waals surface area contributed by atoms with Crippen molar-refractivity contribution in [3.05, 3.63) is 47.5 Å². The van der Waals surface area contributed by atoms with Gasteiger partial charge in [-0.2, -0.15) is 0 Å². The second-order valence-corrected chi connectivity index (χ2v) is 4.24. The van der Waals surface area contributed by atoms with Gasteiger partial charge in [0.05, 0.1) is 6.54 Å². The monoisotopic (exact) mass is 230 g/mol. The summed E-state index contributed by atoms with van der Waals surface area (Å²) in [7, 11) is 0. The second kappa shape index (κ2) is 5.04. The molecule has 0 bridgehead atoms. The summed E-state index contributed by atoms with van der Waals surface area (Å²) in [5.41, 5.74) is 2.37. The zero-order chi connectivity index (χ0) is 12.3. The van der Waals surface area contributed by atoms with Gasteiger partial charge in [0.2, 0.25) is 0 Å². The molecule has 17 heavy (non-hydrogen) atoms. The number of benzene rings is 1. The number of para-hydroxylation sites is 1. The first-order chi connectivity index (χ1) is 8.18. The summed E-state index contributed by atoms with van der Waals surface area (Å²) in [6, 6.07) is 6.20. The molecule has 0 atom stereocenters. The molecule has 1 aromatic heterocycles. The van der Waals surface area contributed by atoms with E-state index in [2.05, 4.69) is 41.6 Å². The highest BCUT2D eigenvalue weighted by molar-refractivity contribution is 5.39. The fraction of sp³-hybridized carbons (Fsp3) is 0.357. The predicted octanol–water partition coefficient (Wildman–Crippen LogP) is 2.89. The van der Waals surface area contributed by atoms with E-state index in [-0.39, 0.29) is 0 Å². The van der Waals surface area contributed by atoms with Gasteiger partial charge in [-0.05, 0) is 31.9 Å². The Morgan fingerprint density at radius 2 is 1.88 bits per heavy atom. The molecule has 3 nitrogen and oxygen atoms in total. The summed E-state index contributed by atoms with van der Waals surface area (Å²) < 4.78 is 7.94. The lowest BCUT2D eigenvalue weighted by atomic mass is 10.1. The van der Waals surface area contributed by atoms with Crippen LogP contribution in [0, 0.1) is 20.8 Å². The van der Waals surface area contributed by atoms with E-state index in [1.807, 2.05) is 19.3 Å². The summed E-state index contributed by atoms with van der Waals surface area (Å²) >= 11 is 0. The van der Waals surface area contributed by atoms with E-state index >= 15 is 0 Å². The number of nitrogens with zero attached hydrogens (tertiary/aromatic N) is 2. The minimum absolute atomic E-state index is 0.670. The largest absolute Gasteiger partial charge is 0.491 e. The van der Waals surface area contributed by atoms with Crippen molar-refractivity contribution in [2.45, 2.75) is 27.3 Å². The fourth-order valence-corrected chi connectivity index (χ4v) is 1.91. The minimum atomic E-state index is 0.670. The SMILES string of the molecule is Cc1cccc(C)c1OCCn1ccnc1C. The molecule has 0 saturated heterocycles. The Bertz CT molecular complexity index is 482. The van der Waals surface area contributed by atoms with Crippen molar-refractivity contribution in [3.63, 3.8) is 0 Å². The van der Waals surface area contributed by atoms with Crippen molar-refractivity contribution in [1.29, 1.82) is 0 Å². The molecular weight excluding hydrogens is 212 g/mol. The van der Waals surface area contributed by atoms with Gasteiger partial charge in [-0.25, -0.2) is 4.98 Å². The van der Waals surface area contributed by atoms with Crippen molar-refractivity contribution >= 4 is 0 Å². The van der Waals surface area contributed by atoms with E-state index in [9.17, 15) is 0 Å². The van der Waals surface area contributed by atoms with Crippen LogP contribution in [0.5, 0.6) is 5.75 Å². The first-order valence-corrected chi connectivity index (χ1v) is 5.85. The maximum Gasteiger partial charge on any atom is 0.125 e. The van der Waals surface area contributed by atoms with Crippen LogP contribution in [0.15, 0.2) is 30.6 Å². The maximum atomic E-state index is 5.85. The lowest BCUT2D eigenvalue weighted by molar-refractivity contribution is 0.293. The topological polar surface area (TPSA) is 27.1 Å². The van der Waals surface area contributed by atoms with Crippen molar-refractivity contribution < 1.29 is 4.74 Å². The molecule has 0 spiro atoms. The predicted molar refractivity (Wildman–Crippen MR) is 68.4 cm³/mol. The van der Waals surface area contributed by atoms with E-state index in [1.165, 1.54) is 11.1 Å². The number of rotatable bonds is 4. The molecule has 0 saturated carbocycles. The average molecular weight is 230 g/mol. The summed E-state index contributed by atoms with van der Waals surface area (Å²) in [5.74, 6) is 2.03. The Morgan fingerprint density at radius 3 is 2.47 bits per heavy atom. The second-order valence-electron chi connectivity index (χ2n) is 4.24. The number of hydrogen-bond donors (Lipinski definition) is 0. The molecular formula is C14H18N2O. The highest BCUT2D eigenvalue weighted by Gasteiger charge is 2.03. The van der Waals surface area contributed by atoms with Crippen LogP contribution in [-0.2, 0) is 6.54 Å². The Morgan fingerprint density at radius 1 is 1.18 bits per heavy atom. The standard InChI is InChI=1S/C14H18N2O/c1-11-5-4-6-12(2)14(11)17-10-9-16-8-7-15-13(16)3/h4-8H,9-10H2,1-3H3. The van der Waals surface area contributed by atoms with E-state index in [4.69, 9.17) is 4.74 Å². The average Bonchev–Trinajstić information content (AvgIpc) is 2.69. The Labute approximate surface area is 102 Å². The van der Waals surface area contributed by atoms with Gasteiger partial charge in [0, 0.05) is 12.4 Å². The van der Waals surface area contributed by atoms with Gasteiger partial charge < -0.3 is 9.30 Å². The molecule has 2 rings (SSSR count). The van der Waals surface area contributed by atoms with Gasteiger partial charge in [-0.15, -0.1) is 0 Å². The van der Waals surface area contributed by atoms with E-state index in [0.717, 1.165) is 18.1 Å². The third-order valence-electron chi connectivity index (χ3n) is 2.91. The molecule has 0 amide bonds. The summed E-state index contributed by atoms with van der Waals surface area (Å²) in [6.07, 6.45) is 3.79. The molecule has 90 valence electrons. The first kappa shape index (κ1) is 11.7. The quantitative estimate of drug-likeness (QED) is 0.807. The van der Waals surface area contributed by atoms with Crippen molar-refractivity contribution in [3.8, 4) is 5.75 Å². The highest BCUT2D eigenvalue weighted by atomic mass is 16.5. The molecule has 2 aromatic rings. The van der Waals surface area contributed by atoms with Crippen molar-refractivity contribution in [2.75, 3.05) is 6.61 Å². The molecule has 1 heterocycles. The summed E-state index contributed by atoms with van der Waals surface area (Å²) in [4.78, 5) is 4.18. The first-order valence-electron chi connectivity index (χ1n) is 5.85. The lowest BCUT2D eigenvalue weighted by Gasteiger charge is -2.12. The number of imidazole rings is 1. The molecule has 3 heteroatoms. The third-order valence-corrected chi connectivity index (χ3v) is 2.91. The van der Waals surface area contributed by atoms with Crippen LogP contribution in [-0.4, -0.2) is 16.2 Å². The van der Waals surface area contributed by atoms with E-state index < -0.39 is 0 Å². The van der Waals surface area contributed by atoms with Gasteiger partial charge in [0.15, 0.2) is 0 Å². The van der Waals surface area contributed by atoms with Crippen LogP contribution in [0.25, 0.3) is 0 Å². The summed E-state index contributed by atoms with van der Waals surface area (Å²) in [5, 5.41) is 0. The Kier molecular flexibility index (Phi) is 3.47. The zero-order valence-corrected chi connectivity index (χ0v) is 10.6. The normalized spacial score (nSPS) is 10.5. The molecule has 0 radical (unpaired) electrons. The van der Waals surface area contributed by atoms with Gasteiger partial charge in [0.1, 0.15) is 18.2 Å². The van der Waals surface area contributed by atoms with Crippen LogP contribution in [0.2, 0.25) is 0 Å². The number of hydrogen-bond acceptors (Lipinski definition) is 2. The molecule has 1 aromatic carbocycles. The molecule has 0 aliphatic carbocycles. The van der Waals surface area contributed by atoms with Gasteiger partial charge >= 0.3 is 0 Å². The van der Waals surface area contributed by atoms with E-state index in [0.29, 0.717) is 6.61 Å². The van der Waals surface area contributed by atoms with Crippen LogP contribution in [0.3, 0.4) is 0 Å². The van der Waals surface area contributed by atoms with Crippen molar-refractivity contribution in [2.24, 2.45) is 0 Å². The van der Waals surface area contributed by atoms with Crippen LogP contribution in [0.1, 0.15) is 17.0 Å². The molecule has 0 aliphatic heterocycles. The van der Waals surface area contributed by atoms with Crippen LogP contribution >= 0.6 is 0 Å². The Hall–Kier alpha value is -1.77. The molecule has 0 fully saturated rings. The maximum absolute atomic E-state index is 5.85. The van der Waals surface area contributed by atoms with Crippen molar-refractivity contribution in [1.82, 2.24) is 9.55 Å². The molecule has 0 aliphatic rings. The van der Waals surface area contributed by atoms with Crippen LogP contribution < -0.4 is 4.74 Å². The lowest BCUT2D eigenvalue weighted by Crippen LogP contribution is -2.09. The Balaban J connectivity index is 1.97. The van der Waals surface area contributed by atoms with Gasteiger partial charge in [0.25, 0.3) is 0 Å². The molecule has 0 unspecified atom stereocenters. The molecule has 0 N–H and O–H groups in total. The van der Waals surface area contributed by atoms with E-state index in [1.54, 1.807) is 0 Å². The van der Waals surface area contributed by atoms with Crippen LogP contribution in [0.4, 0.5) is 0 Å². The van der Waals surface area contributed by atoms with Gasteiger partial charge in [-0.1, -0.05) is 18.2 Å². The fourth-order valence-electron chi connectivity index (χ4n) is 1.91. The number of aromatic nitrogens is 2. The van der Waals surface area contributed by atoms with Gasteiger partial charge in [-0.3, -0.25) is 0 Å². The zero-order valence-electron chi connectivity index (χ0n) is 10.6. The highest BCUT2D eigenvalue weighted by Crippen LogP contribution is 2.22. The smallest absolute Gasteiger partial charge is 0.125 e. The summed E-state index contributed by atoms with van der Waals surface area (Å²) in [6.45, 7) is 7.65. The third kappa shape index (κ3) is 2.67.